The summed E-state index contributed by atoms with van der Waals surface area (Å²) in [5.74, 6) is 0. The summed E-state index contributed by atoms with van der Waals surface area (Å²) in [4.78, 5) is 0. The van der Waals surface area contributed by atoms with E-state index in [1.807, 2.05) is 30.3 Å². The van der Waals surface area contributed by atoms with E-state index in [0.717, 1.165) is 5.69 Å². The van der Waals surface area contributed by atoms with Crippen molar-refractivity contribution >= 4 is 10.9 Å². The van der Waals surface area contributed by atoms with E-state index in [-0.39, 0.29) is 0 Å². The molecule has 0 radical (unpaired) electrons. The highest BCUT2D eigenvalue weighted by Crippen LogP contribution is 2.28. The predicted octanol–water partition coefficient (Wildman–Crippen LogP) is 4.12. The molecule has 0 bridgehead atoms. The van der Waals surface area contributed by atoms with E-state index in [4.69, 9.17) is 5.26 Å². The molecule has 0 saturated carbocycles. The molecule has 0 atom stereocenters. The van der Waals surface area contributed by atoms with Gasteiger partial charge >= 0.3 is 0 Å². The molecule has 0 fully saturated rings. The van der Waals surface area contributed by atoms with Gasteiger partial charge in [0.2, 0.25) is 0 Å². The first-order valence-corrected chi connectivity index (χ1v) is 6.29. The second-order valence-electron chi connectivity index (χ2n) is 4.73. The summed E-state index contributed by atoms with van der Waals surface area (Å²) in [6.07, 6.45) is 0. The van der Waals surface area contributed by atoms with E-state index in [1.165, 1.54) is 22.2 Å². The molecule has 19 heavy (non-hydrogen) atoms. The predicted molar refractivity (Wildman–Crippen MR) is 77.5 cm³/mol. The van der Waals surface area contributed by atoms with Crippen molar-refractivity contribution in [1.82, 2.24) is 4.57 Å². The van der Waals surface area contributed by atoms with Gasteiger partial charge in [-0.1, -0.05) is 24.3 Å². The van der Waals surface area contributed by atoms with Gasteiger partial charge in [0.1, 0.15) is 0 Å². The number of nitrogens with zero attached hydrogens (tertiary/aromatic N) is 2. The van der Waals surface area contributed by atoms with Crippen LogP contribution in [0.25, 0.3) is 16.6 Å². The normalized spacial score (nSPS) is 10.6. The Labute approximate surface area is 112 Å². The maximum absolute atomic E-state index is 9.04. The van der Waals surface area contributed by atoms with Crippen LogP contribution in [0.15, 0.2) is 48.5 Å². The Bertz CT molecular complexity index is 804. The van der Waals surface area contributed by atoms with Crippen molar-refractivity contribution in [2.24, 2.45) is 0 Å². The van der Waals surface area contributed by atoms with Crippen LogP contribution in [0.3, 0.4) is 0 Å². The van der Waals surface area contributed by atoms with Crippen LogP contribution < -0.4 is 0 Å². The number of para-hydroxylation sites is 1. The summed E-state index contributed by atoms with van der Waals surface area (Å²) in [5.41, 5.74) is 5.43. The lowest BCUT2D eigenvalue weighted by Gasteiger charge is -2.08. The highest BCUT2D eigenvalue weighted by molar-refractivity contribution is 5.87. The molecule has 0 aliphatic heterocycles. The summed E-state index contributed by atoms with van der Waals surface area (Å²) in [6.45, 7) is 4.26. The third kappa shape index (κ3) is 1.71. The fourth-order valence-electron chi connectivity index (χ4n) is 2.58. The zero-order valence-electron chi connectivity index (χ0n) is 11.0. The van der Waals surface area contributed by atoms with Crippen molar-refractivity contribution in [1.29, 1.82) is 5.26 Å². The van der Waals surface area contributed by atoms with Crippen LogP contribution in [-0.2, 0) is 0 Å². The maximum atomic E-state index is 9.04. The molecule has 0 aliphatic carbocycles. The standard InChI is InChI=1S/C17H14N2/c1-12-13(2)19(17-9-4-3-8-16(12)17)15-7-5-6-14(10-15)11-18/h3-10H,1-2H3. The molecule has 0 spiro atoms. The molecule has 1 aromatic heterocycles. The summed E-state index contributed by atoms with van der Waals surface area (Å²) >= 11 is 0. The number of benzene rings is 2. The SMILES string of the molecule is Cc1c(C)n(-c2cccc(C#N)c2)c2ccccc12. The fraction of sp³-hybridized carbons (Fsp3) is 0.118. The lowest BCUT2D eigenvalue weighted by molar-refractivity contribution is 1.04. The van der Waals surface area contributed by atoms with Crippen LogP contribution in [0.2, 0.25) is 0 Å². The van der Waals surface area contributed by atoms with Crippen molar-refractivity contribution in [3.05, 3.63) is 65.4 Å². The molecule has 0 saturated heterocycles. The molecule has 3 rings (SSSR count). The topological polar surface area (TPSA) is 28.7 Å². The van der Waals surface area contributed by atoms with Gasteiger partial charge in [0.15, 0.2) is 0 Å². The van der Waals surface area contributed by atoms with Gasteiger partial charge in [0.25, 0.3) is 0 Å². The van der Waals surface area contributed by atoms with Gasteiger partial charge in [0, 0.05) is 16.8 Å². The molecule has 1 heterocycles. The number of nitriles is 1. The van der Waals surface area contributed by atoms with Crippen LogP contribution in [-0.4, -0.2) is 4.57 Å². The third-order valence-electron chi connectivity index (χ3n) is 3.66. The third-order valence-corrected chi connectivity index (χ3v) is 3.66. The lowest BCUT2D eigenvalue weighted by atomic mass is 10.2. The monoisotopic (exact) mass is 246 g/mol. The van der Waals surface area contributed by atoms with Gasteiger partial charge in [0.05, 0.1) is 17.1 Å². The highest BCUT2D eigenvalue weighted by Gasteiger charge is 2.11. The second-order valence-corrected chi connectivity index (χ2v) is 4.73. The average Bonchev–Trinajstić information content (AvgIpc) is 2.72. The minimum absolute atomic E-state index is 0.687. The largest absolute Gasteiger partial charge is 0.314 e. The Kier molecular flexibility index (Phi) is 2.61. The minimum atomic E-state index is 0.687. The van der Waals surface area contributed by atoms with Crippen molar-refractivity contribution in [2.45, 2.75) is 13.8 Å². The molecular formula is C17H14N2. The Morgan fingerprint density at radius 1 is 1.00 bits per heavy atom. The average molecular weight is 246 g/mol. The van der Waals surface area contributed by atoms with Gasteiger partial charge in [-0.05, 0) is 43.7 Å². The fourth-order valence-corrected chi connectivity index (χ4v) is 2.58. The van der Waals surface area contributed by atoms with E-state index in [1.54, 1.807) is 0 Å². The zero-order chi connectivity index (χ0) is 13.4. The van der Waals surface area contributed by atoms with E-state index in [0.29, 0.717) is 5.56 Å². The first-order valence-electron chi connectivity index (χ1n) is 6.29. The highest BCUT2D eigenvalue weighted by atomic mass is 15.0. The summed E-state index contributed by atoms with van der Waals surface area (Å²) in [5, 5.41) is 10.3. The van der Waals surface area contributed by atoms with Crippen molar-refractivity contribution in [2.75, 3.05) is 0 Å². The van der Waals surface area contributed by atoms with Crippen LogP contribution >= 0.6 is 0 Å². The second kappa shape index (κ2) is 4.29. The molecule has 0 N–H and O–H groups in total. The van der Waals surface area contributed by atoms with Gasteiger partial charge in [-0.15, -0.1) is 0 Å². The van der Waals surface area contributed by atoms with Crippen LogP contribution in [0.5, 0.6) is 0 Å². The summed E-state index contributed by atoms with van der Waals surface area (Å²) < 4.78 is 2.21. The minimum Gasteiger partial charge on any atom is -0.314 e. The molecule has 2 heteroatoms. The molecule has 3 aromatic rings. The van der Waals surface area contributed by atoms with Crippen molar-refractivity contribution < 1.29 is 0 Å². The molecule has 0 aliphatic rings. The Morgan fingerprint density at radius 2 is 1.79 bits per heavy atom. The summed E-state index contributed by atoms with van der Waals surface area (Å²) in [6, 6.07) is 18.3. The quantitative estimate of drug-likeness (QED) is 0.635. The van der Waals surface area contributed by atoms with Crippen molar-refractivity contribution in [3.63, 3.8) is 0 Å². The number of hydrogen-bond donors (Lipinski definition) is 0. The molecule has 0 unspecified atom stereocenters. The Balaban J connectivity index is 2.36. The van der Waals surface area contributed by atoms with E-state index in [9.17, 15) is 0 Å². The lowest BCUT2D eigenvalue weighted by Crippen LogP contribution is -1.97. The Hall–Kier alpha value is -2.53. The van der Waals surface area contributed by atoms with E-state index >= 15 is 0 Å². The van der Waals surface area contributed by atoms with E-state index < -0.39 is 0 Å². The maximum Gasteiger partial charge on any atom is 0.0992 e. The molecule has 0 amide bonds. The first kappa shape index (κ1) is 11.6. The smallest absolute Gasteiger partial charge is 0.0992 e. The van der Waals surface area contributed by atoms with Gasteiger partial charge < -0.3 is 4.57 Å². The number of fused-ring (bicyclic) bond motifs is 1. The number of aryl methyl sites for hydroxylation is 1. The summed E-state index contributed by atoms with van der Waals surface area (Å²) in [7, 11) is 0. The number of hydrogen-bond acceptors (Lipinski definition) is 1. The van der Waals surface area contributed by atoms with E-state index in [2.05, 4.69) is 42.7 Å². The van der Waals surface area contributed by atoms with Gasteiger partial charge in [-0.3, -0.25) is 0 Å². The molecule has 92 valence electrons. The van der Waals surface area contributed by atoms with Crippen LogP contribution in [0.4, 0.5) is 0 Å². The Morgan fingerprint density at radius 3 is 2.58 bits per heavy atom. The van der Waals surface area contributed by atoms with Gasteiger partial charge in [-0.25, -0.2) is 0 Å². The van der Waals surface area contributed by atoms with Crippen LogP contribution in [0, 0.1) is 25.2 Å². The number of rotatable bonds is 1. The first-order chi connectivity index (χ1) is 9.22. The zero-order valence-corrected chi connectivity index (χ0v) is 11.0. The number of aromatic nitrogens is 1. The van der Waals surface area contributed by atoms with Crippen LogP contribution in [0.1, 0.15) is 16.8 Å². The molecular weight excluding hydrogens is 232 g/mol. The van der Waals surface area contributed by atoms with Crippen molar-refractivity contribution in [3.8, 4) is 11.8 Å². The molecule has 2 aromatic carbocycles. The van der Waals surface area contributed by atoms with Gasteiger partial charge in [-0.2, -0.15) is 5.26 Å². The molecule has 2 nitrogen and oxygen atoms in total.